The van der Waals surface area contributed by atoms with Crippen molar-refractivity contribution in [3.8, 4) is 0 Å². The molecule has 100 valence electrons. The number of esters is 1. The number of carbonyl (C=O) groups excluding carboxylic acids is 2. The smallest absolute Gasteiger partial charge is 0.344 e. The molecule has 1 heterocycles. The Kier molecular flexibility index (Phi) is 5.66. The summed E-state index contributed by atoms with van der Waals surface area (Å²) in [7, 11) is -1.68. The molecule has 9 nitrogen and oxygen atoms in total. The van der Waals surface area contributed by atoms with E-state index in [4.69, 9.17) is 26.9 Å². The molecule has 18 heavy (non-hydrogen) atoms. The summed E-state index contributed by atoms with van der Waals surface area (Å²) >= 11 is 5.58. The molecule has 0 atom stereocenters. The predicted molar refractivity (Wildman–Crippen MR) is 59.3 cm³/mol. The van der Waals surface area contributed by atoms with Crippen LogP contribution in [0, 0.1) is 5.41 Å². The zero-order valence-corrected chi connectivity index (χ0v) is 10.9. The molecule has 1 aromatic heterocycles. The Balaban J connectivity index is 0.000000873. The van der Waals surface area contributed by atoms with Crippen LogP contribution in [0.15, 0.2) is 5.03 Å². The molecule has 1 aromatic rings. The van der Waals surface area contributed by atoms with Gasteiger partial charge in [-0.15, -0.1) is 0 Å². The van der Waals surface area contributed by atoms with Gasteiger partial charge in [-0.05, 0) is 0 Å². The Hall–Kier alpha value is -1.74. The number of nitrogens with one attached hydrogen (secondary N) is 1. The molecule has 0 aliphatic rings. The van der Waals surface area contributed by atoms with Crippen LogP contribution in [0.25, 0.3) is 0 Å². The molecule has 0 saturated carbocycles. The molecule has 0 bridgehead atoms. The Bertz CT molecular complexity index is 587. The van der Waals surface area contributed by atoms with Gasteiger partial charge in [0, 0.05) is 7.05 Å². The second-order valence-corrected chi connectivity index (χ2v) is 4.57. The molecule has 0 unspecified atom stereocenters. The van der Waals surface area contributed by atoms with Crippen molar-refractivity contribution < 1.29 is 22.7 Å². The summed E-state index contributed by atoms with van der Waals surface area (Å²) in [6.07, 6.45) is 0.750. The lowest BCUT2D eigenvalue weighted by atomic mass is 10.4. The van der Waals surface area contributed by atoms with Crippen molar-refractivity contribution in [3.05, 3.63) is 10.7 Å². The minimum atomic E-state index is -4.08. The standard InChI is InChI=1S/C6H8ClN3O4S.CHNO/c1-10-5(15(8,12)13)3(4(7)9-10)6(11)14-2;2-1-3/h1-2H3,(H2,8,12,13);2H. The van der Waals surface area contributed by atoms with E-state index in [9.17, 15) is 13.2 Å². The molecule has 0 amide bonds. The van der Waals surface area contributed by atoms with Gasteiger partial charge in [-0.2, -0.15) is 5.10 Å². The number of aryl methyl sites for hydroxylation is 1. The molecule has 0 fully saturated rings. The van der Waals surface area contributed by atoms with E-state index in [1.165, 1.54) is 7.05 Å². The topological polar surface area (TPSA) is 145 Å². The third-order valence-corrected chi connectivity index (χ3v) is 2.88. The van der Waals surface area contributed by atoms with Gasteiger partial charge in [0.05, 0.1) is 7.11 Å². The number of sulfonamides is 1. The number of hydrogen-bond donors (Lipinski definition) is 2. The average Bonchev–Trinajstić information content (AvgIpc) is 2.53. The number of nitrogens with two attached hydrogens (primary N) is 1. The van der Waals surface area contributed by atoms with Crippen LogP contribution in [-0.4, -0.2) is 37.4 Å². The highest BCUT2D eigenvalue weighted by Gasteiger charge is 2.29. The number of ether oxygens (including phenoxy) is 1. The first-order chi connectivity index (χ1) is 8.20. The highest BCUT2D eigenvalue weighted by atomic mass is 35.5. The normalized spacial score (nSPS) is 10.0. The highest BCUT2D eigenvalue weighted by Crippen LogP contribution is 2.22. The first-order valence-corrected chi connectivity index (χ1v) is 6.00. The van der Waals surface area contributed by atoms with Gasteiger partial charge in [0.2, 0.25) is 6.08 Å². The number of hydrogen-bond acceptors (Lipinski definition) is 7. The molecule has 11 heteroatoms. The minimum Gasteiger partial charge on any atom is -0.465 e. The lowest BCUT2D eigenvalue weighted by molar-refractivity contribution is 0.0596. The van der Waals surface area contributed by atoms with Crippen molar-refractivity contribution in [2.75, 3.05) is 7.11 Å². The highest BCUT2D eigenvalue weighted by molar-refractivity contribution is 7.89. The fourth-order valence-corrected chi connectivity index (χ4v) is 2.29. The van der Waals surface area contributed by atoms with Crippen LogP contribution in [0.3, 0.4) is 0 Å². The van der Waals surface area contributed by atoms with Crippen LogP contribution in [0.4, 0.5) is 0 Å². The lowest BCUT2D eigenvalue weighted by Crippen LogP contribution is -2.20. The SMILES string of the molecule is COC(=O)c1c(Cl)nn(C)c1S(N)(=O)=O.N=C=O. The zero-order chi connectivity index (χ0) is 14.5. The second kappa shape index (κ2) is 6.26. The summed E-state index contributed by atoms with van der Waals surface area (Å²) in [5, 5.41) is 13.1. The van der Waals surface area contributed by atoms with E-state index < -0.39 is 21.0 Å². The van der Waals surface area contributed by atoms with Crippen molar-refractivity contribution >= 4 is 33.7 Å². The van der Waals surface area contributed by atoms with Crippen molar-refractivity contribution in [2.24, 2.45) is 12.2 Å². The number of halogens is 1. The number of aromatic nitrogens is 2. The van der Waals surface area contributed by atoms with E-state index in [0.29, 0.717) is 0 Å². The largest absolute Gasteiger partial charge is 0.465 e. The molecule has 3 N–H and O–H groups in total. The fourth-order valence-electron chi connectivity index (χ4n) is 1.08. The van der Waals surface area contributed by atoms with Crippen LogP contribution < -0.4 is 5.14 Å². The van der Waals surface area contributed by atoms with Gasteiger partial charge in [0.1, 0.15) is 5.56 Å². The third-order valence-electron chi connectivity index (χ3n) is 1.61. The summed E-state index contributed by atoms with van der Waals surface area (Å²) in [4.78, 5) is 19.6. The Morgan fingerprint density at radius 2 is 2.06 bits per heavy atom. The fraction of sp³-hybridized carbons (Fsp3) is 0.286. The summed E-state index contributed by atoms with van der Waals surface area (Å²) in [5.41, 5.74) is -0.357. The monoisotopic (exact) mass is 296 g/mol. The summed E-state index contributed by atoms with van der Waals surface area (Å²) in [6.45, 7) is 0. The first-order valence-electron chi connectivity index (χ1n) is 4.08. The van der Waals surface area contributed by atoms with Crippen molar-refractivity contribution in [3.63, 3.8) is 0 Å². The van der Waals surface area contributed by atoms with E-state index in [1.807, 2.05) is 0 Å². The maximum Gasteiger partial charge on any atom is 0.344 e. The number of methoxy groups -OCH3 is 1. The summed E-state index contributed by atoms with van der Waals surface area (Å²) < 4.78 is 27.6. The van der Waals surface area contributed by atoms with Crippen LogP contribution in [0.2, 0.25) is 5.15 Å². The maximum atomic E-state index is 11.2. The molecular weight excluding hydrogens is 288 g/mol. The quantitative estimate of drug-likeness (QED) is 0.424. The van der Waals surface area contributed by atoms with E-state index in [2.05, 4.69) is 9.84 Å². The van der Waals surface area contributed by atoms with Gasteiger partial charge in [-0.1, -0.05) is 11.6 Å². The van der Waals surface area contributed by atoms with Crippen LogP contribution in [0.5, 0.6) is 0 Å². The van der Waals surface area contributed by atoms with Crippen molar-refractivity contribution in [1.82, 2.24) is 9.78 Å². The van der Waals surface area contributed by atoms with Gasteiger partial charge in [-0.3, -0.25) is 4.68 Å². The molecule has 0 aromatic carbocycles. The van der Waals surface area contributed by atoms with Gasteiger partial charge in [0.15, 0.2) is 10.2 Å². The number of isocyanates is 1. The molecule has 0 aliphatic carbocycles. The van der Waals surface area contributed by atoms with Gasteiger partial charge in [-0.25, -0.2) is 28.6 Å². The number of rotatable bonds is 2. The van der Waals surface area contributed by atoms with Crippen LogP contribution in [0.1, 0.15) is 10.4 Å². The molecule has 1 rings (SSSR count). The van der Waals surface area contributed by atoms with E-state index in [-0.39, 0.29) is 10.7 Å². The number of carbonyl (C=O) groups is 1. The van der Waals surface area contributed by atoms with Crippen LogP contribution >= 0.6 is 11.6 Å². The van der Waals surface area contributed by atoms with Crippen molar-refractivity contribution in [1.29, 1.82) is 5.41 Å². The Labute approximate surface area is 107 Å². The number of nitrogens with zero attached hydrogens (tertiary/aromatic N) is 2. The van der Waals surface area contributed by atoms with Crippen LogP contribution in [-0.2, 0) is 26.6 Å². The molecule has 0 radical (unpaired) electrons. The zero-order valence-electron chi connectivity index (χ0n) is 9.30. The third kappa shape index (κ3) is 3.64. The Morgan fingerprint density at radius 1 is 1.61 bits per heavy atom. The summed E-state index contributed by atoms with van der Waals surface area (Å²) in [5.74, 6) is -0.905. The maximum absolute atomic E-state index is 11.2. The molecule has 0 aliphatic heterocycles. The van der Waals surface area contributed by atoms with E-state index >= 15 is 0 Å². The Morgan fingerprint density at radius 3 is 2.39 bits per heavy atom. The van der Waals surface area contributed by atoms with E-state index in [0.717, 1.165) is 17.9 Å². The predicted octanol–water partition coefficient (Wildman–Crippen LogP) is -0.592. The van der Waals surface area contributed by atoms with Crippen molar-refractivity contribution in [2.45, 2.75) is 5.03 Å². The van der Waals surface area contributed by atoms with E-state index in [1.54, 1.807) is 0 Å². The molecular formula is C7H9ClN4O5S. The second-order valence-electron chi connectivity index (χ2n) is 2.73. The lowest BCUT2D eigenvalue weighted by Gasteiger charge is -2.01. The number of primary sulfonamides is 1. The molecule has 0 spiro atoms. The van der Waals surface area contributed by atoms with Gasteiger partial charge < -0.3 is 4.74 Å². The summed E-state index contributed by atoms with van der Waals surface area (Å²) in [6, 6.07) is 0. The van der Waals surface area contributed by atoms with Gasteiger partial charge in [0.25, 0.3) is 10.0 Å². The minimum absolute atomic E-state index is 0.270. The first kappa shape index (κ1) is 16.3. The molecule has 0 saturated heterocycles. The average molecular weight is 297 g/mol. The van der Waals surface area contributed by atoms with Gasteiger partial charge >= 0.3 is 5.97 Å².